The van der Waals surface area contributed by atoms with E-state index in [9.17, 15) is 4.79 Å². The van der Waals surface area contributed by atoms with Crippen LogP contribution in [0.1, 0.15) is 24.6 Å². The van der Waals surface area contributed by atoms with Crippen molar-refractivity contribution in [2.75, 3.05) is 7.11 Å². The second kappa shape index (κ2) is 8.15. The molecule has 26 heavy (non-hydrogen) atoms. The first kappa shape index (κ1) is 18.1. The van der Waals surface area contributed by atoms with E-state index >= 15 is 0 Å². The van der Waals surface area contributed by atoms with E-state index in [-0.39, 0.29) is 5.97 Å². The van der Waals surface area contributed by atoms with E-state index in [0.717, 1.165) is 26.9 Å². The normalized spacial score (nSPS) is 11.0. The number of ether oxygens (including phenoxy) is 2. The Morgan fingerprint density at radius 1 is 1.15 bits per heavy atom. The van der Waals surface area contributed by atoms with Gasteiger partial charge in [-0.25, -0.2) is 4.98 Å². The van der Waals surface area contributed by atoms with Crippen LogP contribution in [0.25, 0.3) is 23.1 Å². The molecule has 132 valence electrons. The monoisotopic (exact) mass is 411 g/mol. The van der Waals surface area contributed by atoms with Crippen LogP contribution >= 0.6 is 15.9 Å². The standard InChI is InChI=1S/C21H18BrNO3/c1-3-20(24)26-19-6-4-5-14-7-9-16(23-21(14)19)10-8-15-13-17(25-2)11-12-18(15)22/h4-13H,3H2,1-2H3/b10-8+. The fourth-order valence-electron chi connectivity index (χ4n) is 2.46. The number of methoxy groups -OCH3 is 1. The van der Waals surface area contributed by atoms with Crippen LogP contribution in [0, 0.1) is 0 Å². The van der Waals surface area contributed by atoms with Gasteiger partial charge in [0.05, 0.1) is 12.8 Å². The van der Waals surface area contributed by atoms with Crippen LogP contribution < -0.4 is 9.47 Å². The lowest BCUT2D eigenvalue weighted by atomic mass is 10.1. The van der Waals surface area contributed by atoms with Crippen LogP contribution in [-0.2, 0) is 4.79 Å². The summed E-state index contributed by atoms with van der Waals surface area (Å²) in [6.45, 7) is 1.76. The van der Waals surface area contributed by atoms with Crippen LogP contribution in [0.2, 0.25) is 0 Å². The number of aromatic nitrogens is 1. The van der Waals surface area contributed by atoms with Crippen molar-refractivity contribution < 1.29 is 14.3 Å². The van der Waals surface area contributed by atoms with Gasteiger partial charge in [0, 0.05) is 16.3 Å². The van der Waals surface area contributed by atoms with Gasteiger partial charge < -0.3 is 9.47 Å². The molecule has 5 heteroatoms. The van der Waals surface area contributed by atoms with Gasteiger partial charge in [-0.15, -0.1) is 0 Å². The first-order chi connectivity index (χ1) is 12.6. The van der Waals surface area contributed by atoms with E-state index in [1.807, 2.05) is 54.6 Å². The van der Waals surface area contributed by atoms with Gasteiger partial charge in [-0.1, -0.05) is 47.1 Å². The molecule has 4 nitrogen and oxygen atoms in total. The summed E-state index contributed by atoms with van der Waals surface area (Å²) in [6, 6.07) is 15.2. The maximum atomic E-state index is 11.6. The van der Waals surface area contributed by atoms with Gasteiger partial charge >= 0.3 is 5.97 Å². The van der Waals surface area contributed by atoms with Crippen molar-refractivity contribution in [3.05, 3.63) is 64.3 Å². The van der Waals surface area contributed by atoms with Crippen molar-refractivity contribution >= 4 is 45.0 Å². The molecule has 0 saturated heterocycles. The number of para-hydroxylation sites is 1. The zero-order valence-electron chi connectivity index (χ0n) is 14.5. The number of fused-ring (bicyclic) bond motifs is 1. The number of rotatable bonds is 5. The highest BCUT2D eigenvalue weighted by Crippen LogP contribution is 2.26. The maximum absolute atomic E-state index is 11.6. The molecule has 0 atom stereocenters. The Morgan fingerprint density at radius 3 is 2.77 bits per heavy atom. The third-order valence-electron chi connectivity index (χ3n) is 3.85. The summed E-state index contributed by atoms with van der Waals surface area (Å²) in [6.07, 6.45) is 4.19. The minimum absolute atomic E-state index is 0.277. The van der Waals surface area contributed by atoms with Crippen molar-refractivity contribution in [3.63, 3.8) is 0 Å². The average molecular weight is 412 g/mol. The molecular formula is C21H18BrNO3. The summed E-state index contributed by atoms with van der Waals surface area (Å²) in [5.74, 6) is 0.987. The largest absolute Gasteiger partial charge is 0.497 e. The molecule has 0 unspecified atom stereocenters. The molecule has 0 aliphatic rings. The minimum atomic E-state index is -0.277. The van der Waals surface area contributed by atoms with E-state index < -0.39 is 0 Å². The lowest BCUT2D eigenvalue weighted by molar-refractivity contribution is -0.133. The molecule has 0 aliphatic carbocycles. The minimum Gasteiger partial charge on any atom is -0.497 e. The number of pyridine rings is 1. The molecule has 3 aromatic rings. The summed E-state index contributed by atoms with van der Waals surface area (Å²) >= 11 is 3.53. The van der Waals surface area contributed by atoms with Crippen molar-refractivity contribution in [1.29, 1.82) is 0 Å². The maximum Gasteiger partial charge on any atom is 0.310 e. The van der Waals surface area contributed by atoms with Gasteiger partial charge in [0.25, 0.3) is 0 Å². The molecule has 3 rings (SSSR count). The van der Waals surface area contributed by atoms with Crippen LogP contribution in [0.5, 0.6) is 11.5 Å². The summed E-state index contributed by atoms with van der Waals surface area (Å²) < 4.78 is 11.6. The molecule has 0 aliphatic heterocycles. The fraction of sp³-hybridized carbons (Fsp3) is 0.143. The van der Waals surface area contributed by atoms with E-state index in [0.29, 0.717) is 17.7 Å². The highest BCUT2D eigenvalue weighted by molar-refractivity contribution is 9.10. The van der Waals surface area contributed by atoms with Crippen LogP contribution in [0.3, 0.4) is 0 Å². The number of hydrogen-bond acceptors (Lipinski definition) is 4. The first-order valence-electron chi connectivity index (χ1n) is 8.23. The number of carbonyl (C=O) groups is 1. The average Bonchev–Trinajstić information content (AvgIpc) is 2.67. The second-order valence-corrected chi connectivity index (χ2v) is 6.47. The molecule has 0 amide bonds. The lowest BCUT2D eigenvalue weighted by Gasteiger charge is -2.07. The quantitative estimate of drug-likeness (QED) is 0.411. The number of nitrogens with zero attached hydrogens (tertiary/aromatic N) is 1. The summed E-state index contributed by atoms with van der Waals surface area (Å²) in [7, 11) is 1.64. The Bertz CT molecular complexity index is 982. The topological polar surface area (TPSA) is 48.4 Å². The Balaban J connectivity index is 1.96. The number of hydrogen-bond donors (Lipinski definition) is 0. The van der Waals surface area contributed by atoms with Crippen LogP contribution in [0.4, 0.5) is 0 Å². The van der Waals surface area contributed by atoms with Crippen LogP contribution in [0.15, 0.2) is 53.0 Å². The van der Waals surface area contributed by atoms with Crippen molar-refractivity contribution in [2.24, 2.45) is 0 Å². The Labute approximate surface area is 160 Å². The summed E-state index contributed by atoms with van der Waals surface area (Å²) in [4.78, 5) is 16.3. The Kier molecular flexibility index (Phi) is 5.68. The second-order valence-electron chi connectivity index (χ2n) is 5.61. The zero-order chi connectivity index (χ0) is 18.5. The van der Waals surface area contributed by atoms with Gasteiger partial charge in [-0.05, 0) is 42.0 Å². The first-order valence-corrected chi connectivity index (χ1v) is 9.02. The molecule has 0 radical (unpaired) electrons. The van der Waals surface area contributed by atoms with E-state index in [2.05, 4.69) is 20.9 Å². The summed E-state index contributed by atoms with van der Waals surface area (Å²) in [5.41, 5.74) is 2.42. The molecule has 0 saturated carbocycles. The fourth-order valence-corrected chi connectivity index (χ4v) is 2.84. The van der Waals surface area contributed by atoms with Crippen LogP contribution in [-0.4, -0.2) is 18.1 Å². The predicted molar refractivity (Wildman–Crippen MR) is 107 cm³/mol. The Morgan fingerprint density at radius 2 is 2.00 bits per heavy atom. The van der Waals surface area contributed by atoms with Gasteiger partial charge in [0.15, 0.2) is 5.75 Å². The van der Waals surface area contributed by atoms with E-state index in [1.54, 1.807) is 20.1 Å². The van der Waals surface area contributed by atoms with Gasteiger partial charge in [-0.3, -0.25) is 4.79 Å². The number of halogens is 1. The smallest absolute Gasteiger partial charge is 0.310 e. The molecule has 1 aromatic heterocycles. The highest BCUT2D eigenvalue weighted by Gasteiger charge is 2.08. The molecule has 0 bridgehead atoms. The molecule has 1 heterocycles. The SMILES string of the molecule is CCC(=O)Oc1cccc2ccc(/C=C/c3cc(OC)ccc3Br)nc12. The molecule has 0 fully saturated rings. The molecule has 0 spiro atoms. The highest BCUT2D eigenvalue weighted by atomic mass is 79.9. The number of esters is 1. The third kappa shape index (κ3) is 4.11. The number of benzene rings is 2. The third-order valence-corrected chi connectivity index (χ3v) is 4.58. The lowest BCUT2D eigenvalue weighted by Crippen LogP contribution is -2.06. The van der Waals surface area contributed by atoms with Gasteiger partial charge in [0.1, 0.15) is 11.3 Å². The van der Waals surface area contributed by atoms with E-state index in [4.69, 9.17) is 9.47 Å². The molecule has 2 aromatic carbocycles. The predicted octanol–water partition coefficient (Wildman–Crippen LogP) is 5.49. The van der Waals surface area contributed by atoms with Gasteiger partial charge in [0.2, 0.25) is 0 Å². The molecular weight excluding hydrogens is 394 g/mol. The van der Waals surface area contributed by atoms with Gasteiger partial charge in [-0.2, -0.15) is 0 Å². The van der Waals surface area contributed by atoms with E-state index in [1.165, 1.54) is 0 Å². The summed E-state index contributed by atoms with van der Waals surface area (Å²) in [5, 5.41) is 0.922. The van der Waals surface area contributed by atoms with Crippen molar-refractivity contribution in [2.45, 2.75) is 13.3 Å². The van der Waals surface area contributed by atoms with Crippen molar-refractivity contribution in [3.8, 4) is 11.5 Å². The molecule has 0 N–H and O–H groups in total. The zero-order valence-corrected chi connectivity index (χ0v) is 16.1. The Hall–Kier alpha value is -2.66. The number of carbonyl (C=O) groups excluding carboxylic acids is 1. The van der Waals surface area contributed by atoms with Crippen molar-refractivity contribution in [1.82, 2.24) is 4.98 Å².